The van der Waals surface area contributed by atoms with Crippen LogP contribution in [0, 0.1) is 0 Å². The van der Waals surface area contributed by atoms with Crippen molar-refractivity contribution in [3.05, 3.63) is 72.6 Å². The quantitative estimate of drug-likeness (QED) is 0.107. The third-order valence-electron chi connectivity index (χ3n) is 8.06. The topological polar surface area (TPSA) is 27.1 Å². The fourth-order valence-corrected chi connectivity index (χ4v) is 5.71. The molecule has 1 aromatic heterocycles. The van der Waals surface area contributed by atoms with E-state index in [0.29, 0.717) is 6.61 Å². The normalized spacial score (nSPS) is 11.5. The summed E-state index contributed by atoms with van der Waals surface area (Å²) in [6, 6.07) is 23.2. The summed E-state index contributed by atoms with van der Waals surface area (Å²) in [6.45, 7) is 3.80. The molecular formula is C36H50N2O. The Kier molecular flexibility index (Phi) is 12.7. The van der Waals surface area contributed by atoms with Gasteiger partial charge in [0, 0.05) is 6.54 Å². The van der Waals surface area contributed by atoms with Crippen LogP contribution in [-0.2, 0) is 13.2 Å². The number of imidazole rings is 1. The maximum Gasteiger partial charge on any atom is 0.147 e. The molecule has 0 radical (unpaired) electrons. The van der Waals surface area contributed by atoms with Crippen molar-refractivity contribution in [2.24, 2.45) is 0 Å². The van der Waals surface area contributed by atoms with Crippen LogP contribution in [0.1, 0.15) is 115 Å². The van der Waals surface area contributed by atoms with E-state index in [1.165, 1.54) is 119 Å². The van der Waals surface area contributed by atoms with E-state index in [1.807, 2.05) is 0 Å². The number of ether oxygens (including phenoxy) is 1. The van der Waals surface area contributed by atoms with Crippen LogP contribution in [0.5, 0.6) is 5.75 Å². The molecule has 3 nitrogen and oxygen atoms in total. The lowest BCUT2D eigenvalue weighted by Gasteiger charge is -2.11. The lowest BCUT2D eigenvalue weighted by molar-refractivity contribution is 0.290. The molecule has 3 aromatic carbocycles. The molecule has 0 atom stereocenters. The molecule has 0 aliphatic carbocycles. The number of para-hydroxylation sites is 2. The Morgan fingerprint density at radius 1 is 0.590 bits per heavy atom. The zero-order chi connectivity index (χ0) is 27.0. The molecule has 0 aliphatic heterocycles. The minimum atomic E-state index is 0.492. The van der Waals surface area contributed by atoms with Crippen molar-refractivity contribution in [1.29, 1.82) is 0 Å². The summed E-state index contributed by atoms with van der Waals surface area (Å²) >= 11 is 0. The van der Waals surface area contributed by atoms with Gasteiger partial charge >= 0.3 is 0 Å². The summed E-state index contributed by atoms with van der Waals surface area (Å²) in [4.78, 5) is 4.92. The molecule has 0 N–H and O–H groups in total. The maximum absolute atomic E-state index is 6.22. The van der Waals surface area contributed by atoms with E-state index in [1.54, 1.807) is 0 Å². The Morgan fingerprint density at radius 2 is 1.15 bits per heavy atom. The molecule has 39 heavy (non-hydrogen) atoms. The van der Waals surface area contributed by atoms with Gasteiger partial charge < -0.3 is 9.30 Å². The number of hydrogen-bond acceptors (Lipinski definition) is 2. The molecule has 0 bridgehead atoms. The maximum atomic E-state index is 6.22. The summed E-state index contributed by atoms with van der Waals surface area (Å²) in [5.74, 6) is 1.92. The second-order valence-corrected chi connectivity index (χ2v) is 11.3. The second-order valence-electron chi connectivity index (χ2n) is 11.3. The van der Waals surface area contributed by atoms with Crippen molar-refractivity contribution in [2.75, 3.05) is 0 Å². The summed E-state index contributed by atoms with van der Waals surface area (Å²) in [6.07, 6.45) is 22.3. The van der Waals surface area contributed by atoms with Gasteiger partial charge in [0.1, 0.15) is 18.2 Å². The van der Waals surface area contributed by atoms with Crippen molar-refractivity contribution < 1.29 is 4.74 Å². The van der Waals surface area contributed by atoms with Crippen molar-refractivity contribution in [2.45, 2.75) is 123 Å². The SMILES string of the molecule is CCCCCCCCCCCCCCCCCCn1c(COc2ccc3ccccc3c2)nc2ccccc21. The Bertz CT molecular complexity index is 1230. The van der Waals surface area contributed by atoms with Gasteiger partial charge in [-0.05, 0) is 41.5 Å². The van der Waals surface area contributed by atoms with Crippen LogP contribution in [0.2, 0.25) is 0 Å². The third-order valence-corrected chi connectivity index (χ3v) is 8.06. The second kappa shape index (κ2) is 17.0. The van der Waals surface area contributed by atoms with Crippen LogP contribution in [0.3, 0.4) is 0 Å². The van der Waals surface area contributed by atoms with Crippen molar-refractivity contribution >= 4 is 21.8 Å². The molecule has 3 heteroatoms. The summed E-state index contributed by atoms with van der Waals surface area (Å²) in [5.41, 5.74) is 2.28. The largest absolute Gasteiger partial charge is 0.486 e. The van der Waals surface area contributed by atoms with Crippen LogP contribution in [-0.4, -0.2) is 9.55 Å². The molecule has 0 spiro atoms. The molecular weight excluding hydrogens is 476 g/mol. The fraction of sp³-hybridized carbons (Fsp3) is 0.528. The zero-order valence-electron chi connectivity index (χ0n) is 24.4. The highest BCUT2D eigenvalue weighted by atomic mass is 16.5. The molecule has 0 amide bonds. The van der Waals surface area contributed by atoms with Gasteiger partial charge in [-0.3, -0.25) is 0 Å². The van der Waals surface area contributed by atoms with Crippen LogP contribution < -0.4 is 4.74 Å². The first-order valence-electron chi connectivity index (χ1n) is 15.9. The first kappa shape index (κ1) is 29.2. The first-order chi connectivity index (χ1) is 19.3. The Labute approximate surface area is 237 Å². The van der Waals surface area contributed by atoms with Gasteiger partial charge in [0.25, 0.3) is 0 Å². The fourth-order valence-electron chi connectivity index (χ4n) is 5.71. The number of aromatic nitrogens is 2. The third kappa shape index (κ3) is 9.71. The van der Waals surface area contributed by atoms with Gasteiger partial charge in [0.2, 0.25) is 0 Å². The molecule has 0 unspecified atom stereocenters. The number of hydrogen-bond donors (Lipinski definition) is 0. The number of benzene rings is 3. The average Bonchev–Trinajstić information content (AvgIpc) is 3.33. The summed E-state index contributed by atoms with van der Waals surface area (Å²) < 4.78 is 8.60. The number of aryl methyl sites for hydroxylation is 1. The minimum absolute atomic E-state index is 0.492. The van der Waals surface area contributed by atoms with Crippen molar-refractivity contribution in [1.82, 2.24) is 9.55 Å². The van der Waals surface area contributed by atoms with Gasteiger partial charge in [0.05, 0.1) is 11.0 Å². The van der Waals surface area contributed by atoms with E-state index >= 15 is 0 Å². The zero-order valence-corrected chi connectivity index (χ0v) is 24.4. The lowest BCUT2D eigenvalue weighted by atomic mass is 10.0. The van der Waals surface area contributed by atoms with E-state index < -0.39 is 0 Å². The Morgan fingerprint density at radius 3 is 1.82 bits per heavy atom. The van der Waals surface area contributed by atoms with Crippen LogP contribution in [0.25, 0.3) is 21.8 Å². The van der Waals surface area contributed by atoms with Crippen LogP contribution in [0.4, 0.5) is 0 Å². The molecule has 0 aliphatic rings. The van der Waals surface area contributed by atoms with E-state index in [2.05, 4.69) is 78.2 Å². The predicted octanol–water partition coefficient (Wildman–Crippen LogP) is 11.0. The number of nitrogens with zero attached hydrogens (tertiary/aromatic N) is 2. The monoisotopic (exact) mass is 526 g/mol. The van der Waals surface area contributed by atoms with Gasteiger partial charge in [-0.2, -0.15) is 0 Å². The van der Waals surface area contributed by atoms with Crippen molar-refractivity contribution in [3.8, 4) is 5.75 Å². The standard InChI is InChI=1S/C36H50N2O/c1-2-3-4-5-6-7-8-9-10-11-12-13-14-15-16-21-28-38-35-25-20-19-24-34(35)37-36(38)30-39-33-27-26-31-22-17-18-23-32(31)29-33/h17-20,22-27,29H,2-16,21,28,30H2,1H3. The van der Waals surface area contributed by atoms with Crippen molar-refractivity contribution in [3.63, 3.8) is 0 Å². The van der Waals surface area contributed by atoms with Gasteiger partial charge in [-0.1, -0.05) is 146 Å². The van der Waals surface area contributed by atoms with Gasteiger partial charge in [-0.15, -0.1) is 0 Å². The molecule has 210 valence electrons. The van der Waals surface area contributed by atoms with E-state index in [0.717, 1.165) is 23.6 Å². The lowest BCUT2D eigenvalue weighted by Crippen LogP contribution is -2.07. The van der Waals surface area contributed by atoms with E-state index in [9.17, 15) is 0 Å². The number of unbranched alkanes of at least 4 members (excludes halogenated alkanes) is 15. The molecule has 0 saturated carbocycles. The van der Waals surface area contributed by atoms with Crippen LogP contribution in [0.15, 0.2) is 66.7 Å². The van der Waals surface area contributed by atoms with Gasteiger partial charge in [-0.25, -0.2) is 4.98 Å². The highest BCUT2D eigenvalue weighted by Crippen LogP contribution is 2.23. The van der Waals surface area contributed by atoms with Gasteiger partial charge in [0.15, 0.2) is 0 Å². The first-order valence-corrected chi connectivity index (χ1v) is 15.9. The smallest absolute Gasteiger partial charge is 0.147 e. The average molecular weight is 527 g/mol. The predicted molar refractivity (Wildman–Crippen MR) is 168 cm³/mol. The number of fused-ring (bicyclic) bond motifs is 2. The minimum Gasteiger partial charge on any atom is -0.486 e. The van der Waals surface area contributed by atoms with E-state index in [-0.39, 0.29) is 0 Å². The summed E-state index contributed by atoms with van der Waals surface area (Å²) in [7, 11) is 0. The molecule has 4 rings (SSSR count). The summed E-state index contributed by atoms with van der Waals surface area (Å²) in [5, 5.41) is 2.44. The van der Waals surface area contributed by atoms with E-state index in [4.69, 9.17) is 9.72 Å². The highest BCUT2D eigenvalue weighted by Gasteiger charge is 2.11. The Balaban J connectivity index is 1.12. The number of rotatable bonds is 20. The molecule has 0 fully saturated rings. The van der Waals surface area contributed by atoms with Crippen LogP contribution >= 0.6 is 0 Å². The molecule has 4 aromatic rings. The molecule has 1 heterocycles. The highest BCUT2D eigenvalue weighted by molar-refractivity contribution is 5.83. The molecule has 0 saturated heterocycles. The Hall–Kier alpha value is -2.81.